The first kappa shape index (κ1) is 30.6. The molecular formula is C20H24N10O12P2S. The maximum atomic E-state index is 13.5. The van der Waals surface area contributed by atoms with Gasteiger partial charge in [-0.25, -0.2) is 29.1 Å². The number of rotatable bonds is 2. The standard InChI is InChI=1S/C20H24N10O12P2S/c21-14-8-15(24-3-23-14)29(4-25-8)18-12-10(31)7(40-18)2-38-44(36,45)42-13-11(32)6(1-37-43(34,35)41-12)39-19(13)30-5-26-9-16(30)27-20(22)28-17(9)33/h3-7,10-13,18-19,31-32H,1-2H2,(H,34,35)(H,36,45)(H2,21,23,24)(H3,22,27,28,33)/t6-,7-,10?,11?,12?,13?,18-,19-,44?/m1/s1. The maximum Gasteiger partial charge on any atom is 0.472 e. The number of nitrogens with zero attached hydrogens (tertiary/aromatic N) is 7. The SMILES string of the molecule is Nc1nc2c(ncn2[C@@H]2O[C@@H]3COP(=O)(O)OC4C(O)[C@@H](COP(=O)(S)OC2C3O)O[C@H]4n2cnc3c(N)ncnc32)c(=O)[nH]1. The molecule has 4 aromatic rings. The van der Waals surface area contributed by atoms with Crippen molar-refractivity contribution in [2.75, 3.05) is 24.7 Å². The number of H-pyrrole nitrogens is 1. The van der Waals surface area contributed by atoms with Gasteiger partial charge in [0.1, 0.15) is 48.5 Å². The van der Waals surface area contributed by atoms with E-state index in [-0.39, 0.29) is 34.1 Å². The average Bonchev–Trinajstić information content (AvgIpc) is 3.72. The van der Waals surface area contributed by atoms with Crippen molar-refractivity contribution in [1.82, 2.24) is 39.0 Å². The topological polar surface area (TPSA) is 309 Å². The lowest BCUT2D eigenvalue weighted by molar-refractivity contribution is -0.0637. The van der Waals surface area contributed by atoms with Crippen LogP contribution in [0.5, 0.6) is 0 Å². The second-order valence-corrected chi connectivity index (χ2v) is 14.4. The van der Waals surface area contributed by atoms with Crippen molar-refractivity contribution in [1.29, 1.82) is 0 Å². The van der Waals surface area contributed by atoms with Crippen molar-refractivity contribution in [3.8, 4) is 0 Å². The lowest BCUT2D eigenvalue weighted by Gasteiger charge is -2.26. The highest BCUT2D eigenvalue weighted by atomic mass is 32.7. The summed E-state index contributed by atoms with van der Waals surface area (Å²) in [5.74, 6) is -0.212. The summed E-state index contributed by atoms with van der Waals surface area (Å²) in [6, 6.07) is 0. The molecule has 22 nitrogen and oxygen atoms in total. The van der Waals surface area contributed by atoms with E-state index in [9.17, 15) is 29.0 Å². The van der Waals surface area contributed by atoms with Gasteiger partial charge in [0.05, 0.1) is 25.9 Å². The molecule has 0 saturated carbocycles. The molecule has 242 valence electrons. The zero-order chi connectivity index (χ0) is 31.8. The molecule has 0 aromatic carbocycles. The largest absolute Gasteiger partial charge is 0.472 e. The van der Waals surface area contributed by atoms with E-state index in [1.807, 2.05) is 0 Å². The molecular weight excluding hydrogens is 666 g/mol. The third-order valence-electron chi connectivity index (χ3n) is 7.33. The van der Waals surface area contributed by atoms with Gasteiger partial charge in [0.15, 0.2) is 35.1 Å². The smallest absolute Gasteiger partial charge is 0.387 e. The highest BCUT2D eigenvalue weighted by Crippen LogP contribution is 2.58. The number of aliphatic hydroxyl groups is 2. The molecule has 3 aliphatic heterocycles. The first-order valence-electron chi connectivity index (χ1n) is 13.0. The summed E-state index contributed by atoms with van der Waals surface area (Å²) in [6.45, 7) is -5.82. The highest BCUT2D eigenvalue weighted by Gasteiger charge is 2.53. The Labute approximate surface area is 254 Å². The Hall–Kier alpha value is -3.05. The lowest BCUT2D eigenvalue weighted by atomic mass is 10.1. The van der Waals surface area contributed by atoms with Crippen LogP contribution in [0.1, 0.15) is 12.5 Å². The third-order valence-corrected chi connectivity index (χ3v) is 9.93. The minimum atomic E-state index is -5.04. The number of nitrogens with one attached hydrogen (secondary N) is 1. The van der Waals surface area contributed by atoms with Gasteiger partial charge < -0.3 is 36.0 Å². The minimum absolute atomic E-state index is 0.0408. The number of nitrogens with two attached hydrogens (primary N) is 2. The zero-order valence-electron chi connectivity index (χ0n) is 22.4. The van der Waals surface area contributed by atoms with E-state index in [4.69, 9.17) is 39.0 Å². The van der Waals surface area contributed by atoms with Gasteiger partial charge in [0, 0.05) is 0 Å². The molecule has 7 rings (SSSR count). The number of anilines is 2. The van der Waals surface area contributed by atoms with Crippen LogP contribution < -0.4 is 17.0 Å². The molecule has 4 bridgehead atoms. The van der Waals surface area contributed by atoms with Crippen molar-refractivity contribution < 1.29 is 51.8 Å². The van der Waals surface area contributed by atoms with Crippen molar-refractivity contribution in [3.63, 3.8) is 0 Å². The van der Waals surface area contributed by atoms with E-state index in [0.29, 0.717) is 0 Å². The Morgan fingerprint density at radius 2 is 1.49 bits per heavy atom. The molecule has 8 N–H and O–H groups in total. The minimum Gasteiger partial charge on any atom is -0.387 e. The fourth-order valence-corrected chi connectivity index (χ4v) is 7.67. The third kappa shape index (κ3) is 5.43. The number of phosphoric ester groups is 1. The maximum absolute atomic E-state index is 13.5. The number of ether oxygens (including phenoxy) is 2. The fraction of sp³-hybridized carbons (Fsp3) is 0.500. The number of hydrogen-bond donors (Lipinski definition) is 7. The molecule has 0 amide bonds. The number of fused-ring (bicyclic) bond motifs is 6. The lowest BCUT2D eigenvalue weighted by Crippen LogP contribution is -2.37. The Morgan fingerprint density at radius 3 is 2.18 bits per heavy atom. The molecule has 0 spiro atoms. The molecule has 3 saturated heterocycles. The molecule has 0 radical (unpaired) electrons. The first-order chi connectivity index (χ1) is 21.3. The Kier molecular flexibility index (Phi) is 7.50. The van der Waals surface area contributed by atoms with Crippen molar-refractivity contribution >= 4 is 61.0 Å². The van der Waals surface area contributed by atoms with Crippen LogP contribution in [-0.4, -0.2) is 104 Å². The van der Waals surface area contributed by atoms with E-state index >= 15 is 0 Å². The van der Waals surface area contributed by atoms with Crippen molar-refractivity contribution in [3.05, 3.63) is 29.3 Å². The Balaban J connectivity index is 1.23. The van der Waals surface area contributed by atoms with Gasteiger partial charge in [-0.05, 0) is 0 Å². The molecule has 6 unspecified atom stereocenters. The van der Waals surface area contributed by atoms with Gasteiger partial charge in [-0.3, -0.25) is 37.0 Å². The second kappa shape index (κ2) is 11.0. The van der Waals surface area contributed by atoms with Crippen LogP contribution >= 0.6 is 26.9 Å². The second-order valence-electron chi connectivity index (χ2n) is 10.1. The fourth-order valence-electron chi connectivity index (χ4n) is 5.28. The molecule has 3 aliphatic rings. The van der Waals surface area contributed by atoms with Crippen molar-refractivity contribution in [2.45, 2.75) is 49.1 Å². The van der Waals surface area contributed by atoms with Crippen LogP contribution in [0.3, 0.4) is 0 Å². The average molecular weight is 690 g/mol. The number of imidazole rings is 2. The quantitative estimate of drug-likeness (QED) is 0.0939. The number of phosphoric acid groups is 1. The van der Waals surface area contributed by atoms with Gasteiger partial charge in [-0.2, -0.15) is 4.98 Å². The number of nitrogen functional groups attached to an aromatic ring is 2. The number of hydrogen-bond acceptors (Lipinski definition) is 18. The molecule has 4 aromatic heterocycles. The number of aromatic nitrogens is 8. The van der Waals surface area contributed by atoms with Gasteiger partial charge in [-0.15, -0.1) is 0 Å². The van der Waals surface area contributed by atoms with Crippen LogP contribution in [0.25, 0.3) is 22.3 Å². The Bertz CT molecular complexity index is 1940. The van der Waals surface area contributed by atoms with Gasteiger partial charge in [0.25, 0.3) is 5.56 Å². The van der Waals surface area contributed by atoms with Gasteiger partial charge in [0.2, 0.25) is 5.95 Å². The Morgan fingerprint density at radius 1 is 0.889 bits per heavy atom. The van der Waals surface area contributed by atoms with E-state index < -0.39 is 82.5 Å². The number of aliphatic hydroxyl groups excluding tert-OH is 2. The summed E-state index contributed by atoms with van der Waals surface area (Å²) >= 11 is 4.04. The predicted octanol–water partition coefficient (Wildman–Crippen LogP) is -1.40. The molecule has 3 fully saturated rings. The summed E-state index contributed by atoms with van der Waals surface area (Å²) in [5, 5.41) is 22.2. The molecule has 10 atom stereocenters. The normalized spacial score (nSPS) is 37.7. The molecule has 0 aliphatic carbocycles. The summed E-state index contributed by atoms with van der Waals surface area (Å²) < 4.78 is 62.5. The van der Waals surface area contributed by atoms with Crippen LogP contribution in [-0.2, 0) is 36.7 Å². The monoisotopic (exact) mass is 690 g/mol. The summed E-state index contributed by atoms with van der Waals surface area (Å²) in [5.41, 5.74) is 11.0. The van der Waals surface area contributed by atoms with Crippen LogP contribution in [0.4, 0.5) is 11.8 Å². The predicted molar refractivity (Wildman–Crippen MR) is 150 cm³/mol. The molecule has 45 heavy (non-hydrogen) atoms. The van der Waals surface area contributed by atoms with E-state index in [0.717, 1.165) is 12.7 Å². The molecule has 7 heterocycles. The number of aromatic amines is 1. The highest BCUT2D eigenvalue weighted by molar-refractivity contribution is 8.44. The van der Waals surface area contributed by atoms with Crippen molar-refractivity contribution in [2.24, 2.45) is 0 Å². The number of thiol groups is 1. The van der Waals surface area contributed by atoms with Crippen LogP contribution in [0.2, 0.25) is 0 Å². The van der Waals surface area contributed by atoms with Gasteiger partial charge >= 0.3 is 14.6 Å². The summed E-state index contributed by atoms with van der Waals surface area (Å²) in [7, 11) is -5.04. The van der Waals surface area contributed by atoms with E-state index in [1.165, 1.54) is 15.5 Å². The van der Waals surface area contributed by atoms with Gasteiger partial charge in [-0.1, -0.05) is 12.2 Å². The van der Waals surface area contributed by atoms with E-state index in [2.05, 4.69) is 42.2 Å². The zero-order valence-corrected chi connectivity index (χ0v) is 25.1. The van der Waals surface area contributed by atoms with Crippen LogP contribution in [0.15, 0.2) is 23.8 Å². The summed E-state index contributed by atoms with van der Waals surface area (Å²) in [4.78, 5) is 45.4. The van der Waals surface area contributed by atoms with Crippen LogP contribution in [0, 0.1) is 0 Å². The molecule has 25 heteroatoms. The summed E-state index contributed by atoms with van der Waals surface area (Å²) in [6.07, 6.45) is -8.44. The first-order valence-corrected chi connectivity index (χ1v) is 17.1. The van der Waals surface area contributed by atoms with E-state index in [1.54, 1.807) is 0 Å².